The highest BCUT2D eigenvalue weighted by Gasteiger charge is 2.17. The van der Waals surface area contributed by atoms with Gasteiger partial charge in [0.1, 0.15) is 10.3 Å². The van der Waals surface area contributed by atoms with Crippen molar-refractivity contribution in [2.24, 2.45) is 0 Å². The second-order valence-corrected chi connectivity index (χ2v) is 5.64. The number of methoxy groups -OCH3 is 1. The van der Waals surface area contributed by atoms with Crippen LogP contribution in [0.25, 0.3) is 0 Å². The first-order chi connectivity index (χ1) is 7.17. The Hall–Kier alpha value is -0.620. The molecule has 6 heteroatoms. The molecule has 0 saturated carbocycles. The maximum atomic E-state index is 11.2. The van der Waals surface area contributed by atoms with Crippen molar-refractivity contribution in [2.75, 3.05) is 7.11 Å². The highest BCUT2D eigenvalue weighted by molar-refractivity contribution is 8.02. The normalized spacial score (nSPS) is 12.5. The smallest absolute Gasteiger partial charge is 0.318 e. The van der Waals surface area contributed by atoms with E-state index in [0.717, 1.165) is 22.2 Å². The van der Waals surface area contributed by atoms with Gasteiger partial charge in [0.15, 0.2) is 4.34 Å². The van der Waals surface area contributed by atoms with Crippen molar-refractivity contribution in [1.82, 2.24) is 10.2 Å². The first kappa shape index (κ1) is 12.4. The van der Waals surface area contributed by atoms with E-state index in [9.17, 15) is 4.79 Å². The van der Waals surface area contributed by atoms with E-state index in [2.05, 4.69) is 21.9 Å². The van der Waals surface area contributed by atoms with Crippen molar-refractivity contribution in [3.8, 4) is 0 Å². The minimum absolute atomic E-state index is 0.225. The number of rotatable bonds is 5. The number of ether oxygens (including phenoxy) is 1. The standard InChI is InChI=1S/C9H14N2O2S2/c1-4-5-7-10-11-9(15-7)14-6(2)8(12)13-3/h6H,4-5H2,1-3H3. The van der Waals surface area contributed by atoms with Crippen LogP contribution >= 0.6 is 23.1 Å². The molecule has 0 amide bonds. The minimum atomic E-state index is -0.229. The molecule has 15 heavy (non-hydrogen) atoms. The van der Waals surface area contributed by atoms with Crippen molar-refractivity contribution in [1.29, 1.82) is 0 Å². The summed E-state index contributed by atoms with van der Waals surface area (Å²) in [5.41, 5.74) is 0. The van der Waals surface area contributed by atoms with Crippen molar-refractivity contribution in [2.45, 2.75) is 36.3 Å². The number of carbonyl (C=O) groups excluding carboxylic acids is 1. The SMILES string of the molecule is CCCc1nnc(SC(C)C(=O)OC)s1. The molecule has 0 N–H and O–H groups in total. The fraction of sp³-hybridized carbons (Fsp3) is 0.667. The van der Waals surface area contributed by atoms with Crippen LogP contribution in [0.2, 0.25) is 0 Å². The van der Waals surface area contributed by atoms with Gasteiger partial charge in [-0.15, -0.1) is 10.2 Å². The Labute approximate surface area is 97.4 Å². The lowest BCUT2D eigenvalue weighted by atomic mass is 10.4. The van der Waals surface area contributed by atoms with Crippen LogP contribution in [0.5, 0.6) is 0 Å². The molecule has 1 rings (SSSR count). The van der Waals surface area contributed by atoms with E-state index in [1.165, 1.54) is 18.9 Å². The summed E-state index contributed by atoms with van der Waals surface area (Å²) in [7, 11) is 1.39. The molecule has 0 fully saturated rings. The van der Waals surface area contributed by atoms with Gasteiger partial charge in [-0.1, -0.05) is 30.0 Å². The molecule has 1 heterocycles. The van der Waals surface area contributed by atoms with E-state index in [1.54, 1.807) is 18.3 Å². The Morgan fingerprint density at radius 2 is 2.33 bits per heavy atom. The zero-order valence-corrected chi connectivity index (χ0v) is 10.7. The summed E-state index contributed by atoms with van der Waals surface area (Å²) in [6, 6.07) is 0. The van der Waals surface area contributed by atoms with E-state index in [1.807, 2.05) is 0 Å². The maximum Gasteiger partial charge on any atom is 0.318 e. The number of nitrogens with zero attached hydrogens (tertiary/aromatic N) is 2. The van der Waals surface area contributed by atoms with E-state index in [-0.39, 0.29) is 11.2 Å². The average molecular weight is 246 g/mol. The van der Waals surface area contributed by atoms with Crippen LogP contribution in [0, 0.1) is 0 Å². The summed E-state index contributed by atoms with van der Waals surface area (Å²) in [4.78, 5) is 11.2. The molecule has 1 unspecified atom stereocenters. The molecular formula is C9H14N2O2S2. The van der Waals surface area contributed by atoms with Gasteiger partial charge in [-0.05, 0) is 13.3 Å². The molecule has 0 aliphatic rings. The van der Waals surface area contributed by atoms with Gasteiger partial charge in [0, 0.05) is 6.42 Å². The Bertz CT molecular complexity index is 328. The molecule has 0 bridgehead atoms. The Balaban J connectivity index is 2.53. The molecule has 1 aromatic heterocycles. The molecular weight excluding hydrogens is 232 g/mol. The van der Waals surface area contributed by atoms with E-state index >= 15 is 0 Å². The predicted molar refractivity (Wildman–Crippen MR) is 61.2 cm³/mol. The van der Waals surface area contributed by atoms with Crippen LogP contribution in [0.3, 0.4) is 0 Å². The number of hydrogen-bond acceptors (Lipinski definition) is 6. The van der Waals surface area contributed by atoms with Gasteiger partial charge in [-0.25, -0.2) is 0 Å². The number of esters is 1. The summed E-state index contributed by atoms with van der Waals surface area (Å²) >= 11 is 2.94. The first-order valence-corrected chi connectivity index (χ1v) is 6.43. The highest BCUT2D eigenvalue weighted by Crippen LogP contribution is 2.27. The Morgan fingerprint density at radius 1 is 1.60 bits per heavy atom. The average Bonchev–Trinajstić information content (AvgIpc) is 2.65. The molecule has 1 aromatic rings. The second-order valence-electron chi connectivity index (χ2n) is 2.99. The largest absolute Gasteiger partial charge is 0.468 e. The topological polar surface area (TPSA) is 52.1 Å². The summed E-state index contributed by atoms with van der Waals surface area (Å²) in [5.74, 6) is -0.229. The van der Waals surface area contributed by atoms with Crippen molar-refractivity contribution in [3.05, 3.63) is 5.01 Å². The van der Waals surface area contributed by atoms with Crippen LogP contribution in [-0.2, 0) is 16.0 Å². The van der Waals surface area contributed by atoms with Gasteiger partial charge >= 0.3 is 5.97 Å². The maximum absolute atomic E-state index is 11.2. The van der Waals surface area contributed by atoms with Gasteiger partial charge in [0.05, 0.1) is 7.11 Å². The molecule has 0 saturated heterocycles. The zero-order chi connectivity index (χ0) is 11.3. The van der Waals surface area contributed by atoms with Gasteiger partial charge in [0.2, 0.25) is 0 Å². The Kier molecular flexibility index (Phi) is 5.04. The molecule has 0 aliphatic heterocycles. The van der Waals surface area contributed by atoms with Crippen LogP contribution in [-0.4, -0.2) is 28.5 Å². The number of hydrogen-bond donors (Lipinski definition) is 0. The number of carbonyl (C=O) groups is 1. The molecule has 4 nitrogen and oxygen atoms in total. The van der Waals surface area contributed by atoms with Gasteiger partial charge in [0.25, 0.3) is 0 Å². The molecule has 84 valence electrons. The molecule has 1 atom stereocenters. The highest BCUT2D eigenvalue weighted by atomic mass is 32.2. The molecule has 0 aliphatic carbocycles. The van der Waals surface area contributed by atoms with Crippen molar-refractivity contribution in [3.63, 3.8) is 0 Å². The first-order valence-electron chi connectivity index (χ1n) is 4.74. The number of aromatic nitrogens is 2. The molecule has 0 radical (unpaired) electrons. The summed E-state index contributed by atoms with van der Waals surface area (Å²) in [5, 5.41) is 8.86. The summed E-state index contributed by atoms with van der Waals surface area (Å²) < 4.78 is 5.47. The van der Waals surface area contributed by atoms with Gasteiger partial charge in [-0.2, -0.15) is 0 Å². The predicted octanol–water partition coefficient (Wildman–Crippen LogP) is 2.14. The van der Waals surface area contributed by atoms with E-state index in [4.69, 9.17) is 0 Å². The third-order valence-corrected chi connectivity index (χ3v) is 3.87. The van der Waals surface area contributed by atoms with E-state index in [0.29, 0.717) is 0 Å². The lowest BCUT2D eigenvalue weighted by Crippen LogP contribution is -2.14. The van der Waals surface area contributed by atoms with Crippen molar-refractivity contribution >= 4 is 29.1 Å². The van der Waals surface area contributed by atoms with Gasteiger partial charge < -0.3 is 4.74 Å². The van der Waals surface area contributed by atoms with E-state index < -0.39 is 0 Å². The van der Waals surface area contributed by atoms with Crippen molar-refractivity contribution < 1.29 is 9.53 Å². The lowest BCUT2D eigenvalue weighted by Gasteiger charge is -2.04. The van der Waals surface area contributed by atoms with Gasteiger partial charge in [-0.3, -0.25) is 4.79 Å². The summed E-state index contributed by atoms with van der Waals surface area (Å²) in [6.45, 7) is 3.91. The van der Waals surface area contributed by atoms with Crippen LogP contribution < -0.4 is 0 Å². The van der Waals surface area contributed by atoms with Crippen LogP contribution in [0.4, 0.5) is 0 Å². The summed E-state index contributed by atoms with van der Waals surface area (Å²) in [6.07, 6.45) is 2.01. The third kappa shape index (κ3) is 3.79. The van der Waals surface area contributed by atoms with Crippen LogP contribution in [0.1, 0.15) is 25.3 Å². The second kappa shape index (κ2) is 6.07. The monoisotopic (exact) mass is 246 g/mol. The fourth-order valence-corrected chi connectivity index (χ4v) is 3.13. The Morgan fingerprint density at radius 3 is 2.93 bits per heavy atom. The third-order valence-electron chi connectivity index (χ3n) is 1.72. The molecule has 0 aromatic carbocycles. The fourth-order valence-electron chi connectivity index (χ4n) is 0.966. The zero-order valence-electron chi connectivity index (χ0n) is 9.02. The quantitative estimate of drug-likeness (QED) is 0.588. The van der Waals surface area contributed by atoms with Crippen LogP contribution in [0.15, 0.2) is 4.34 Å². The molecule has 0 spiro atoms. The minimum Gasteiger partial charge on any atom is -0.468 e. The number of thioether (sulfide) groups is 1. The lowest BCUT2D eigenvalue weighted by molar-refractivity contribution is -0.139. The number of aryl methyl sites for hydroxylation is 1.